The summed E-state index contributed by atoms with van der Waals surface area (Å²) < 4.78 is 0. The lowest BCUT2D eigenvalue weighted by atomic mass is 9.79. The fraction of sp³-hybridized carbons (Fsp3) is 0.423. The minimum atomic E-state index is -0.262. The van der Waals surface area contributed by atoms with Crippen molar-refractivity contribution in [1.82, 2.24) is 15.5 Å². The Bertz CT molecular complexity index is 1040. The van der Waals surface area contributed by atoms with Crippen LogP contribution in [0.3, 0.4) is 0 Å². The Kier molecular flexibility index (Phi) is 5.89. The first-order valence-electron chi connectivity index (χ1n) is 12.0. The molecule has 172 valence electrons. The van der Waals surface area contributed by atoms with Crippen LogP contribution >= 0.6 is 0 Å². The molecule has 0 unspecified atom stereocenters. The van der Waals surface area contributed by atoms with Crippen LogP contribution in [-0.2, 0) is 5.54 Å². The van der Waals surface area contributed by atoms with E-state index in [0.717, 1.165) is 57.3 Å². The van der Waals surface area contributed by atoms with Gasteiger partial charge in [0.15, 0.2) is 0 Å². The van der Waals surface area contributed by atoms with E-state index in [0.29, 0.717) is 24.2 Å². The van der Waals surface area contributed by atoms with Gasteiger partial charge in [-0.05, 0) is 57.0 Å². The number of unbranched alkanes of at least 4 members (excludes halogenated alkanes) is 3. The number of hydrogen-bond donors (Lipinski definition) is 2. The summed E-state index contributed by atoms with van der Waals surface area (Å²) in [4.78, 5) is 41.2. The number of hydrogen-bond acceptors (Lipinski definition) is 4. The molecule has 0 bridgehead atoms. The lowest BCUT2D eigenvalue weighted by Gasteiger charge is -2.46. The Morgan fingerprint density at radius 3 is 1.97 bits per heavy atom. The van der Waals surface area contributed by atoms with Crippen molar-refractivity contribution in [2.24, 2.45) is 0 Å². The Hall–Kier alpha value is -3.19. The van der Waals surface area contributed by atoms with E-state index in [-0.39, 0.29) is 23.4 Å². The van der Waals surface area contributed by atoms with E-state index in [4.69, 9.17) is 0 Å². The summed E-state index contributed by atoms with van der Waals surface area (Å²) in [6.45, 7) is 2.91. The van der Waals surface area contributed by atoms with Crippen LogP contribution in [0.25, 0.3) is 0 Å². The van der Waals surface area contributed by atoms with Crippen molar-refractivity contribution in [2.45, 2.75) is 44.1 Å². The van der Waals surface area contributed by atoms with Gasteiger partial charge in [-0.1, -0.05) is 43.2 Å². The number of nitrogens with zero attached hydrogens (tertiary/aromatic N) is 2. The van der Waals surface area contributed by atoms with Gasteiger partial charge < -0.3 is 10.6 Å². The maximum absolute atomic E-state index is 13.0. The number of nitrogens with one attached hydrogen (secondary N) is 2. The topological polar surface area (TPSA) is 81.8 Å². The first kappa shape index (κ1) is 21.6. The molecule has 3 aliphatic rings. The Morgan fingerprint density at radius 1 is 0.727 bits per heavy atom. The van der Waals surface area contributed by atoms with Crippen LogP contribution in [0.5, 0.6) is 0 Å². The molecule has 7 nitrogen and oxygen atoms in total. The fourth-order valence-electron chi connectivity index (χ4n) is 5.37. The van der Waals surface area contributed by atoms with Crippen molar-refractivity contribution in [3.63, 3.8) is 0 Å². The zero-order valence-corrected chi connectivity index (χ0v) is 18.8. The van der Waals surface area contributed by atoms with E-state index in [1.165, 1.54) is 10.5 Å². The summed E-state index contributed by atoms with van der Waals surface area (Å²) in [5, 5.41) is 6.70. The molecule has 0 aliphatic carbocycles. The van der Waals surface area contributed by atoms with Crippen LogP contribution < -0.4 is 15.5 Å². The quantitative estimate of drug-likeness (QED) is 0.503. The molecule has 1 fully saturated rings. The minimum Gasteiger partial charge on any atom is -0.328 e. The summed E-state index contributed by atoms with van der Waals surface area (Å²) in [5.41, 5.74) is 2.99. The second-order valence-corrected chi connectivity index (χ2v) is 9.15. The number of anilines is 1. The second-order valence-electron chi connectivity index (χ2n) is 9.15. The molecule has 2 aromatic carbocycles. The van der Waals surface area contributed by atoms with Gasteiger partial charge in [-0.15, -0.1) is 0 Å². The number of rotatable bonds is 7. The molecule has 33 heavy (non-hydrogen) atoms. The largest absolute Gasteiger partial charge is 0.328 e. The van der Waals surface area contributed by atoms with Crippen LogP contribution in [-0.4, -0.2) is 48.9 Å². The number of piperidine rings is 1. The molecule has 0 radical (unpaired) electrons. The lowest BCUT2D eigenvalue weighted by Crippen LogP contribution is -2.59. The number of carbonyl (C=O) groups excluding carboxylic acids is 3. The highest BCUT2D eigenvalue weighted by atomic mass is 16.2. The Balaban J connectivity index is 1.13. The highest BCUT2D eigenvalue weighted by Crippen LogP contribution is 2.40. The minimum absolute atomic E-state index is 0.0124. The average molecular weight is 447 g/mol. The van der Waals surface area contributed by atoms with Gasteiger partial charge in [-0.25, -0.2) is 4.79 Å². The molecule has 1 saturated heterocycles. The third-order valence-electron chi connectivity index (χ3n) is 7.15. The SMILES string of the molecule is O=C1c2ccccc2C(=O)N1CCCCCCN1C(=O)NC2(CCNCC2)c2ccccc21. The Labute approximate surface area is 194 Å². The van der Waals surface area contributed by atoms with Crippen molar-refractivity contribution >= 4 is 23.5 Å². The number of imide groups is 1. The molecule has 5 rings (SSSR count). The van der Waals surface area contributed by atoms with E-state index in [2.05, 4.69) is 28.8 Å². The van der Waals surface area contributed by atoms with Gasteiger partial charge >= 0.3 is 6.03 Å². The lowest BCUT2D eigenvalue weighted by molar-refractivity contribution is 0.0651. The zero-order chi connectivity index (χ0) is 22.8. The summed E-state index contributed by atoms with van der Waals surface area (Å²) in [5.74, 6) is -0.381. The summed E-state index contributed by atoms with van der Waals surface area (Å²) in [6, 6.07) is 15.2. The maximum atomic E-state index is 13.0. The van der Waals surface area contributed by atoms with E-state index < -0.39 is 0 Å². The van der Waals surface area contributed by atoms with Crippen LogP contribution in [0, 0.1) is 0 Å². The smallest absolute Gasteiger partial charge is 0.322 e. The van der Waals surface area contributed by atoms with Gasteiger partial charge in [0.25, 0.3) is 11.8 Å². The first-order chi connectivity index (χ1) is 16.1. The predicted octanol–water partition coefficient (Wildman–Crippen LogP) is 3.65. The average Bonchev–Trinajstić information content (AvgIpc) is 3.08. The molecular formula is C26H30N4O3. The summed E-state index contributed by atoms with van der Waals surface area (Å²) in [6.07, 6.45) is 5.29. The molecule has 2 aromatic rings. The van der Waals surface area contributed by atoms with Gasteiger partial charge in [-0.3, -0.25) is 19.4 Å². The highest BCUT2D eigenvalue weighted by molar-refractivity contribution is 6.21. The molecule has 0 aromatic heterocycles. The third kappa shape index (κ3) is 3.91. The van der Waals surface area contributed by atoms with Crippen LogP contribution in [0.15, 0.2) is 48.5 Å². The van der Waals surface area contributed by atoms with Gasteiger partial charge in [0.1, 0.15) is 0 Å². The number of para-hydroxylation sites is 1. The van der Waals surface area contributed by atoms with Crippen molar-refractivity contribution in [3.05, 3.63) is 65.2 Å². The molecule has 0 saturated carbocycles. The number of fused-ring (bicyclic) bond motifs is 3. The molecule has 7 heteroatoms. The molecule has 2 N–H and O–H groups in total. The molecule has 3 aliphatic heterocycles. The third-order valence-corrected chi connectivity index (χ3v) is 7.15. The summed E-state index contributed by atoms with van der Waals surface area (Å²) >= 11 is 0. The molecule has 1 spiro atoms. The van der Waals surface area contributed by atoms with Gasteiger partial charge in [0.2, 0.25) is 0 Å². The van der Waals surface area contributed by atoms with Crippen molar-refractivity contribution < 1.29 is 14.4 Å². The first-order valence-corrected chi connectivity index (χ1v) is 12.0. The van der Waals surface area contributed by atoms with Crippen LogP contribution in [0.2, 0.25) is 0 Å². The van der Waals surface area contributed by atoms with Crippen molar-refractivity contribution in [3.8, 4) is 0 Å². The van der Waals surface area contributed by atoms with E-state index >= 15 is 0 Å². The fourth-order valence-corrected chi connectivity index (χ4v) is 5.37. The number of benzene rings is 2. The van der Waals surface area contributed by atoms with Crippen molar-refractivity contribution in [1.29, 1.82) is 0 Å². The van der Waals surface area contributed by atoms with Gasteiger partial charge in [-0.2, -0.15) is 0 Å². The monoisotopic (exact) mass is 446 g/mol. The van der Waals surface area contributed by atoms with Gasteiger partial charge in [0, 0.05) is 18.7 Å². The van der Waals surface area contributed by atoms with Crippen molar-refractivity contribution in [2.75, 3.05) is 31.1 Å². The normalized spacial score (nSPS) is 19.0. The van der Waals surface area contributed by atoms with Crippen LogP contribution in [0.4, 0.5) is 10.5 Å². The van der Waals surface area contributed by atoms with Gasteiger partial charge in [0.05, 0.1) is 22.4 Å². The molecule has 4 amide bonds. The summed E-state index contributed by atoms with van der Waals surface area (Å²) in [7, 11) is 0. The van der Waals surface area contributed by atoms with E-state index in [9.17, 15) is 14.4 Å². The second kappa shape index (κ2) is 8.98. The van der Waals surface area contributed by atoms with E-state index in [1.54, 1.807) is 24.3 Å². The van der Waals surface area contributed by atoms with Crippen LogP contribution in [0.1, 0.15) is 64.8 Å². The zero-order valence-electron chi connectivity index (χ0n) is 18.8. The molecule has 3 heterocycles. The van der Waals surface area contributed by atoms with E-state index in [1.807, 2.05) is 11.0 Å². The highest BCUT2D eigenvalue weighted by Gasteiger charge is 2.43. The molecule has 0 atom stereocenters. The maximum Gasteiger partial charge on any atom is 0.322 e. The number of amides is 4. The standard InChI is InChI=1S/C26H30N4O3/c31-23-19-9-3-4-10-20(19)24(32)30(23)18-8-2-1-7-17-29-22-12-6-5-11-21(22)26(28-25(29)33)13-15-27-16-14-26/h3-6,9-12,27H,1-2,7-8,13-18H2,(H,28,33). The number of carbonyl (C=O) groups is 3. The Morgan fingerprint density at radius 2 is 1.30 bits per heavy atom. The number of urea groups is 1. The molecular weight excluding hydrogens is 416 g/mol. The predicted molar refractivity (Wildman–Crippen MR) is 126 cm³/mol.